The molecule has 0 aliphatic heterocycles. The van der Waals surface area contributed by atoms with Crippen molar-refractivity contribution in [2.75, 3.05) is 24.4 Å². The van der Waals surface area contributed by atoms with Crippen molar-refractivity contribution in [1.82, 2.24) is 0 Å². The Labute approximate surface area is 153 Å². The second-order valence-electron chi connectivity index (χ2n) is 6.18. The van der Waals surface area contributed by atoms with E-state index >= 15 is 0 Å². The highest BCUT2D eigenvalue weighted by atomic mass is 32.2. The lowest BCUT2D eigenvalue weighted by Gasteiger charge is -2.15. The van der Waals surface area contributed by atoms with Gasteiger partial charge in [-0.1, -0.05) is 65.2 Å². The van der Waals surface area contributed by atoms with Crippen molar-refractivity contribution in [3.8, 4) is 0 Å². The lowest BCUT2D eigenvalue weighted by Crippen LogP contribution is -2.15. The molecule has 1 atom stereocenters. The summed E-state index contributed by atoms with van der Waals surface area (Å²) in [4.78, 5) is 11.6. The van der Waals surface area contributed by atoms with Gasteiger partial charge in [-0.25, -0.2) is 0 Å². The van der Waals surface area contributed by atoms with Crippen LogP contribution >= 0.6 is 23.5 Å². The largest absolute Gasteiger partial charge is 0.469 e. The number of hydrogen-bond donors (Lipinski definition) is 0. The SMILES string of the molecule is CCCCCCCSCC(CC(=O)OC)SCCCCCCC. The number of ether oxygens (including phenoxy) is 1. The smallest absolute Gasteiger partial charge is 0.306 e. The third kappa shape index (κ3) is 16.8. The van der Waals surface area contributed by atoms with Crippen LogP contribution in [0.1, 0.15) is 84.5 Å². The molecule has 0 rings (SSSR count). The first kappa shape index (κ1) is 23.2. The van der Waals surface area contributed by atoms with Crippen LogP contribution in [0.25, 0.3) is 0 Å². The second-order valence-corrected chi connectivity index (χ2v) is 8.73. The minimum Gasteiger partial charge on any atom is -0.469 e. The van der Waals surface area contributed by atoms with Gasteiger partial charge in [0.2, 0.25) is 0 Å². The molecule has 0 heterocycles. The van der Waals surface area contributed by atoms with E-state index in [-0.39, 0.29) is 5.97 Å². The van der Waals surface area contributed by atoms with E-state index in [1.165, 1.54) is 82.8 Å². The second kappa shape index (κ2) is 18.5. The van der Waals surface area contributed by atoms with Crippen LogP contribution in [-0.4, -0.2) is 35.6 Å². The highest BCUT2D eigenvalue weighted by Crippen LogP contribution is 2.23. The summed E-state index contributed by atoms with van der Waals surface area (Å²) >= 11 is 3.99. The number of methoxy groups -OCH3 is 1. The van der Waals surface area contributed by atoms with Crippen LogP contribution in [0.5, 0.6) is 0 Å². The molecular formula is C19H38O2S2. The maximum atomic E-state index is 11.6. The highest BCUT2D eigenvalue weighted by molar-refractivity contribution is 8.03. The first-order valence-corrected chi connectivity index (χ1v) is 11.7. The van der Waals surface area contributed by atoms with Crippen LogP contribution < -0.4 is 0 Å². The zero-order chi connectivity index (χ0) is 17.2. The van der Waals surface area contributed by atoms with Crippen molar-refractivity contribution in [2.45, 2.75) is 89.7 Å². The molecule has 0 aliphatic carbocycles. The van der Waals surface area contributed by atoms with Crippen LogP contribution in [0.3, 0.4) is 0 Å². The summed E-state index contributed by atoms with van der Waals surface area (Å²) in [5.41, 5.74) is 0. The summed E-state index contributed by atoms with van der Waals surface area (Å²) in [5, 5.41) is 0.425. The van der Waals surface area contributed by atoms with Gasteiger partial charge in [0.1, 0.15) is 0 Å². The summed E-state index contributed by atoms with van der Waals surface area (Å²) < 4.78 is 4.85. The van der Waals surface area contributed by atoms with Gasteiger partial charge in [-0.15, -0.1) is 0 Å². The molecule has 0 N–H and O–H groups in total. The van der Waals surface area contributed by atoms with Crippen molar-refractivity contribution in [3.63, 3.8) is 0 Å². The minimum atomic E-state index is -0.0583. The zero-order valence-corrected chi connectivity index (χ0v) is 17.2. The standard InChI is InChI=1S/C19H38O2S2/c1-4-6-8-10-12-14-22-17-18(16-19(20)21-3)23-15-13-11-9-7-5-2/h18H,4-17H2,1-3H3. The summed E-state index contributed by atoms with van der Waals surface area (Å²) in [6.45, 7) is 4.51. The summed E-state index contributed by atoms with van der Waals surface area (Å²) in [6, 6.07) is 0. The highest BCUT2D eigenvalue weighted by Gasteiger charge is 2.14. The minimum absolute atomic E-state index is 0.0583. The number of carbonyl (C=O) groups is 1. The Bertz CT molecular complexity index is 260. The molecule has 0 saturated carbocycles. The first-order chi connectivity index (χ1) is 11.2. The summed E-state index contributed by atoms with van der Waals surface area (Å²) in [7, 11) is 1.50. The number of esters is 1. The van der Waals surface area contributed by atoms with Crippen LogP contribution in [0.4, 0.5) is 0 Å². The predicted octanol–water partition coefficient (Wildman–Crippen LogP) is 6.33. The predicted molar refractivity (Wildman–Crippen MR) is 108 cm³/mol. The molecule has 0 amide bonds. The van der Waals surface area contributed by atoms with E-state index < -0.39 is 0 Å². The number of rotatable bonds is 17. The van der Waals surface area contributed by atoms with Crippen LogP contribution in [0.15, 0.2) is 0 Å². The Morgan fingerprint density at radius 3 is 2.00 bits per heavy atom. The summed E-state index contributed by atoms with van der Waals surface area (Å²) in [6.07, 6.45) is 13.9. The van der Waals surface area contributed by atoms with E-state index in [9.17, 15) is 4.79 Å². The Kier molecular flexibility index (Phi) is 18.6. The van der Waals surface area contributed by atoms with E-state index in [0.717, 1.165) is 5.75 Å². The maximum absolute atomic E-state index is 11.6. The molecular weight excluding hydrogens is 324 g/mol. The van der Waals surface area contributed by atoms with Gasteiger partial charge in [0.15, 0.2) is 0 Å². The number of carbonyl (C=O) groups excluding carboxylic acids is 1. The van der Waals surface area contributed by atoms with E-state index in [0.29, 0.717) is 11.7 Å². The fraction of sp³-hybridized carbons (Fsp3) is 0.947. The molecule has 0 aliphatic rings. The van der Waals surface area contributed by atoms with Gasteiger partial charge in [-0.3, -0.25) is 4.79 Å². The van der Waals surface area contributed by atoms with Gasteiger partial charge < -0.3 is 4.74 Å². The van der Waals surface area contributed by atoms with Crippen molar-refractivity contribution >= 4 is 29.5 Å². The van der Waals surface area contributed by atoms with Crippen molar-refractivity contribution in [1.29, 1.82) is 0 Å². The summed E-state index contributed by atoms with van der Waals surface area (Å²) in [5.74, 6) is 3.45. The molecule has 23 heavy (non-hydrogen) atoms. The first-order valence-electron chi connectivity index (χ1n) is 9.50. The molecule has 0 aromatic rings. The molecule has 0 aromatic carbocycles. The molecule has 138 valence electrons. The third-order valence-corrected chi connectivity index (χ3v) is 6.67. The average Bonchev–Trinajstić information content (AvgIpc) is 2.56. The van der Waals surface area contributed by atoms with E-state index in [1.807, 2.05) is 23.5 Å². The zero-order valence-electron chi connectivity index (χ0n) is 15.6. The van der Waals surface area contributed by atoms with Gasteiger partial charge in [-0.05, 0) is 24.3 Å². The van der Waals surface area contributed by atoms with E-state index in [4.69, 9.17) is 4.74 Å². The Balaban J connectivity index is 3.75. The monoisotopic (exact) mass is 362 g/mol. The van der Waals surface area contributed by atoms with Gasteiger partial charge >= 0.3 is 5.97 Å². The normalized spacial score (nSPS) is 12.3. The molecule has 4 heteroatoms. The molecule has 1 unspecified atom stereocenters. The van der Waals surface area contributed by atoms with Crippen LogP contribution in [-0.2, 0) is 9.53 Å². The van der Waals surface area contributed by atoms with Gasteiger partial charge in [0.25, 0.3) is 0 Å². The lowest BCUT2D eigenvalue weighted by molar-refractivity contribution is -0.140. The van der Waals surface area contributed by atoms with Gasteiger partial charge in [0, 0.05) is 11.0 Å². The van der Waals surface area contributed by atoms with Crippen molar-refractivity contribution in [3.05, 3.63) is 0 Å². The molecule has 0 saturated heterocycles. The van der Waals surface area contributed by atoms with Gasteiger partial charge in [-0.2, -0.15) is 23.5 Å². The number of unbranched alkanes of at least 4 members (excludes halogenated alkanes) is 8. The number of hydrogen-bond acceptors (Lipinski definition) is 4. The molecule has 2 nitrogen and oxygen atoms in total. The molecule has 0 radical (unpaired) electrons. The molecule has 0 fully saturated rings. The van der Waals surface area contributed by atoms with Crippen LogP contribution in [0.2, 0.25) is 0 Å². The topological polar surface area (TPSA) is 26.3 Å². The molecule has 0 spiro atoms. The van der Waals surface area contributed by atoms with Crippen molar-refractivity contribution in [2.24, 2.45) is 0 Å². The van der Waals surface area contributed by atoms with E-state index in [1.54, 1.807) is 0 Å². The quantitative estimate of drug-likeness (QED) is 0.223. The average molecular weight is 363 g/mol. The number of thioether (sulfide) groups is 2. The maximum Gasteiger partial charge on any atom is 0.306 e. The Morgan fingerprint density at radius 2 is 1.43 bits per heavy atom. The third-order valence-electron chi connectivity index (χ3n) is 3.92. The fourth-order valence-electron chi connectivity index (χ4n) is 2.41. The van der Waals surface area contributed by atoms with E-state index in [2.05, 4.69) is 13.8 Å². The van der Waals surface area contributed by atoms with Gasteiger partial charge in [0.05, 0.1) is 13.5 Å². The van der Waals surface area contributed by atoms with Crippen molar-refractivity contribution < 1.29 is 9.53 Å². The Hall–Kier alpha value is 0.170. The van der Waals surface area contributed by atoms with Crippen LogP contribution in [0, 0.1) is 0 Å². The fourth-order valence-corrected chi connectivity index (χ4v) is 5.00. The molecule has 0 bridgehead atoms. The lowest BCUT2D eigenvalue weighted by atomic mass is 10.2. The Morgan fingerprint density at radius 1 is 0.870 bits per heavy atom. The molecule has 0 aromatic heterocycles.